The van der Waals surface area contributed by atoms with E-state index in [1.165, 1.54) is 23.5 Å². The van der Waals surface area contributed by atoms with E-state index in [1.54, 1.807) is 11.3 Å². The third kappa shape index (κ3) is 5.20. The minimum Gasteiger partial charge on any atom is -0.356 e. The monoisotopic (exact) mass is 435 g/mol. The third-order valence-corrected chi connectivity index (χ3v) is 5.97. The van der Waals surface area contributed by atoms with Gasteiger partial charge in [0, 0.05) is 56.5 Å². The lowest BCUT2D eigenvalue weighted by Gasteiger charge is -2.22. The number of aromatic nitrogens is 1. The molecule has 0 bridgehead atoms. The number of aliphatic imine (C=N–C) groups is 1. The van der Waals surface area contributed by atoms with Crippen LogP contribution >= 0.6 is 27.3 Å². The van der Waals surface area contributed by atoms with Crippen LogP contribution in [0.2, 0.25) is 0 Å². The Morgan fingerprint density at radius 3 is 2.73 bits per heavy atom. The molecule has 0 aliphatic carbocycles. The molecule has 7 heteroatoms. The summed E-state index contributed by atoms with van der Waals surface area (Å²) in [6.45, 7) is 3.96. The van der Waals surface area contributed by atoms with Crippen LogP contribution in [0.25, 0.3) is 0 Å². The van der Waals surface area contributed by atoms with E-state index in [1.807, 2.05) is 7.05 Å². The van der Waals surface area contributed by atoms with Crippen LogP contribution in [0.4, 0.5) is 5.13 Å². The van der Waals surface area contributed by atoms with E-state index >= 15 is 0 Å². The topological polar surface area (TPSA) is 43.8 Å². The summed E-state index contributed by atoms with van der Waals surface area (Å²) in [5, 5.41) is 6.81. The summed E-state index contributed by atoms with van der Waals surface area (Å²) < 4.78 is 1.10. The van der Waals surface area contributed by atoms with Crippen LogP contribution in [0.15, 0.2) is 39.1 Å². The molecule has 5 nitrogen and oxygen atoms in total. The molecule has 1 aliphatic heterocycles. The summed E-state index contributed by atoms with van der Waals surface area (Å²) >= 11 is 5.24. The molecule has 140 valence electrons. The number of hydrogen-bond acceptors (Lipinski definition) is 4. The highest BCUT2D eigenvalue weighted by atomic mass is 79.9. The predicted molar refractivity (Wildman–Crippen MR) is 114 cm³/mol. The minimum absolute atomic E-state index is 0.822. The number of anilines is 1. The minimum atomic E-state index is 0.822. The molecular formula is C19H26BrN5S. The van der Waals surface area contributed by atoms with Gasteiger partial charge in [-0.15, -0.1) is 11.3 Å². The molecule has 0 saturated carbocycles. The highest BCUT2D eigenvalue weighted by Gasteiger charge is 2.15. The maximum absolute atomic E-state index is 4.78. The van der Waals surface area contributed by atoms with Crippen LogP contribution in [-0.2, 0) is 13.0 Å². The molecule has 0 radical (unpaired) electrons. The van der Waals surface area contributed by atoms with Crippen molar-refractivity contribution < 1.29 is 0 Å². The first kappa shape index (κ1) is 19.2. The molecule has 1 saturated heterocycles. The van der Waals surface area contributed by atoms with E-state index in [4.69, 9.17) is 4.98 Å². The van der Waals surface area contributed by atoms with Crippen LogP contribution in [-0.4, -0.2) is 49.6 Å². The van der Waals surface area contributed by atoms with Gasteiger partial charge in [0.25, 0.3) is 0 Å². The molecule has 2 heterocycles. The van der Waals surface area contributed by atoms with Gasteiger partial charge >= 0.3 is 0 Å². The number of nitrogens with zero attached hydrogens (tertiary/aromatic N) is 4. The zero-order valence-corrected chi connectivity index (χ0v) is 17.8. The second-order valence-electron chi connectivity index (χ2n) is 6.52. The Labute approximate surface area is 168 Å². The van der Waals surface area contributed by atoms with Crippen molar-refractivity contribution in [3.8, 4) is 0 Å². The van der Waals surface area contributed by atoms with Gasteiger partial charge in [-0.25, -0.2) is 4.98 Å². The number of thiazole rings is 1. The summed E-state index contributed by atoms with van der Waals surface area (Å²) in [5.74, 6) is 0.905. The smallest absolute Gasteiger partial charge is 0.193 e. The van der Waals surface area contributed by atoms with Crippen molar-refractivity contribution >= 4 is 38.4 Å². The van der Waals surface area contributed by atoms with Crippen molar-refractivity contribution in [2.45, 2.75) is 25.8 Å². The molecule has 0 atom stereocenters. The highest BCUT2D eigenvalue weighted by Crippen LogP contribution is 2.24. The van der Waals surface area contributed by atoms with Crippen LogP contribution in [0.1, 0.15) is 24.1 Å². The normalized spacial score (nSPS) is 14.7. The van der Waals surface area contributed by atoms with Gasteiger partial charge in [0.2, 0.25) is 0 Å². The second kappa shape index (κ2) is 9.37. The lowest BCUT2D eigenvalue weighted by Crippen LogP contribution is -2.39. The first-order valence-electron chi connectivity index (χ1n) is 9.01. The van der Waals surface area contributed by atoms with E-state index in [2.05, 4.69) is 72.7 Å². The van der Waals surface area contributed by atoms with E-state index in [0.717, 1.165) is 48.7 Å². The number of benzene rings is 1. The summed E-state index contributed by atoms with van der Waals surface area (Å²) in [6, 6.07) is 8.39. The molecule has 2 aromatic rings. The van der Waals surface area contributed by atoms with Crippen molar-refractivity contribution in [1.82, 2.24) is 15.2 Å². The van der Waals surface area contributed by atoms with Crippen molar-refractivity contribution in [3.63, 3.8) is 0 Å². The highest BCUT2D eigenvalue weighted by molar-refractivity contribution is 9.10. The van der Waals surface area contributed by atoms with E-state index in [9.17, 15) is 0 Å². The average Bonchev–Trinajstić information content (AvgIpc) is 3.32. The number of rotatable bonds is 6. The zero-order chi connectivity index (χ0) is 18.4. The Hall–Kier alpha value is -1.60. The molecule has 26 heavy (non-hydrogen) atoms. The first-order valence-corrected chi connectivity index (χ1v) is 10.7. The molecule has 1 aromatic heterocycles. The first-order chi connectivity index (χ1) is 12.7. The zero-order valence-electron chi connectivity index (χ0n) is 15.4. The number of guanidine groups is 1. The standard InChI is InChI=1S/C19H26BrN5S/c1-21-18(24(2)13-15-5-7-16(20)8-6-15)22-10-9-17-14-26-19(23-17)25-11-3-4-12-25/h5-8,14H,3-4,9-13H2,1-2H3,(H,21,22). The SMILES string of the molecule is CN=C(NCCc1csc(N2CCCC2)n1)N(C)Cc1ccc(Br)cc1. The van der Waals surface area contributed by atoms with Crippen LogP contribution in [0, 0.1) is 0 Å². The average molecular weight is 436 g/mol. The molecule has 0 spiro atoms. The molecule has 1 aliphatic rings. The van der Waals surface area contributed by atoms with E-state index in [-0.39, 0.29) is 0 Å². The number of halogens is 1. The molecule has 0 unspecified atom stereocenters. The largest absolute Gasteiger partial charge is 0.356 e. The Bertz CT molecular complexity index is 722. The van der Waals surface area contributed by atoms with Gasteiger partial charge < -0.3 is 15.1 Å². The summed E-state index contributed by atoms with van der Waals surface area (Å²) in [4.78, 5) is 13.7. The Morgan fingerprint density at radius 2 is 2.04 bits per heavy atom. The van der Waals surface area contributed by atoms with E-state index < -0.39 is 0 Å². The fraction of sp³-hybridized carbons (Fsp3) is 0.474. The predicted octanol–water partition coefficient (Wildman–Crippen LogP) is 3.76. The van der Waals surface area contributed by atoms with Gasteiger partial charge in [-0.1, -0.05) is 28.1 Å². The fourth-order valence-electron chi connectivity index (χ4n) is 3.09. The van der Waals surface area contributed by atoms with Crippen LogP contribution in [0.5, 0.6) is 0 Å². The van der Waals surface area contributed by atoms with Gasteiger partial charge in [-0.3, -0.25) is 4.99 Å². The number of hydrogen-bond donors (Lipinski definition) is 1. The second-order valence-corrected chi connectivity index (χ2v) is 8.27. The van der Waals surface area contributed by atoms with Gasteiger partial charge in [0.1, 0.15) is 0 Å². The van der Waals surface area contributed by atoms with Crippen LogP contribution in [0.3, 0.4) is 0 Å². The van der Waals surface area contributed by atoms with Crippen LogP contribution < -0.4 is 10.2 Å². The fourth-order valence-corrected chi connectivity index (χ4v) is 4.27. The maximum atomic E-state index is 4.78. The quantitative estimate of drug-likeness (QED) is 0.553. The summed E-state index contributed by atoms with van der Waals surface area (Å²) in [7, 11) is 3.89. The lowest BCUT2D eigenvalue weighted by atomic mass is 10.2. The van der Waals surface area contributed by atoms with Gasteiger partial charge in [0.05, 0.1) is 5.69 Å². The van der Waals surface area contributed by atoms with Gasteiger partial charge in [-0.05, 0) is 30.5 Å². The Morgan fingerprint density at radius 1 is 1.31 bits per heavy atom. The number of nitrogens with one attached hydrogen (secondary N) is 1. The molecule has 1 aromatic carbocycles. The van der Waals surface area contributed by atoms with Crippen molar-refractivity contribution in [2.24, 2.45) is 4.99 Å². The van der Waals surface area contributed by atoms with Crippen molar-refractivity contribution in [2.75, 3.05) is 38.6 Å². The van der Waals surface area contributed by atoms with Gasteiger partial charge in [-0.2, -0.15) is 0 Å². The molecule has 1 N–H and O–H groups in total. The molecule has 1 fully saturated rings. The molecule has 0 amide bonds. The van der Waals surface area contributed by atoms with Crippen molar-refractivity contribution in [3.05, 3.63) is 45.4 Å². The lowest BCUT2D eigenvalue weighted by molar-refractivity contribution is 0.477. The van der Waals surface area contributed by atoms with Gasteiger partial charge in [0.15, 0.2) is 11.1 Å². The summed E-state index contributed by atoms with van der Waals surface area (Å²) in [6.07, 6.45) is 3.49. The van der Waals surface area contributed by atoms with Crippen molar-refractivity contribution in [1.29, 1.82) is 0 Å². The Balaban J connectivity index is 1.47. The Kier molecular flexibility index (Phi) is 6.91. The molecule has 3 rings (SSSR count). The maximum Gasteiger partial charge on any atom is 0.193 e. The molecular weight excluding hydrogens is 410 g/mol. The third-order valence-electron chi connectivity index (χ3n) is 4.49. The summed E-state index contributed by atoms with van der Waals surface area (Å²) in [5.41, 5.74) is 2.42. The van der Waals surface area contributed by atoms with E-state index in [0.29, 0.717) is 0 Å².